The fourth-order valence-corrected chi connectivity index (χ4v) is 4.26. The van der Waals surface area contributed by atoms with Gasteiger partial charge in [0.15, 0.2) is 6.61 Å². The minimum Gasteiger partial charge on any atom is -0.455 e. The predicted molar refractivity (Wildman–Crippen MR) is 91.0 cm³/mol. The average molecular weight is 341 g/mol. The summed E-state index contributed by atoms with van der Waals surface area (Å²) in [6, 6.07) is 4.27. The zero-order valence-electron chi connectivity index (χ0n) is 12.9. The van der Waals surface area contributed by atoms with E-state index in [4.69, 9.17) is 4.74 Å². The van der Waals surface area contributed by atoms with Crippen LogP contribution in [0.15, 0.2) is 17.5 Å². The van der Waals surface area contributed by atoms with Crippen LogP contribution in [0.25, 0.3) is 0 Å². The topological polar surface area (TPSA) is 55.4 Å². The third kappa shape index (κ3) is 6.01. The average Bonchev–Trinajstić information content (AvgIpc) is 3.01. The maximum absolute atomic E-state index is 11.8. The Morgan fingerprint density at radius 1 is 1.41 bits per heavy atom. The van der Waals surface area contributed by atoms with Crippen LogP contribution >= 0.6 is 23.1 Å². The second kappa shape index (κ2) is 9.20. The molecule has 2 rings (SSSR count). The van der Waals surface area contributed by atoms with Gasteiger partial charge >= 0.3 is 5.97 Å². The Labute approximate surface area is 140 Å². The lowest BCUT2D eigenvalue weighted by molar-refractivity contribution is -0.146. The van der Waals surface area contributed by atoms with Crippen molar-refractivity contribution in [3.05, 3.63) is 22.4 Å². The van der Waals surface area contributed by atoms with E-state index in [-0.39, 0.29) is 30.3 Å². The van der Waals surface area contributed by atoms with Crippen LogP contribution < -0.4 is 5.32 Å². The molecule has 0 bridgehead atoms. The summed E-state index contributed by atoms with van der Waals surface area (Å²) in [5, 5.41) is 5.00. The molecule has 1 amide bonds. The molecule has 4 nitrogen and oxygen atoms in total. The zero-order chi connectivity index (χ0) is 15.8. The first-order valence-electron chi connectivity index (χ1n) is 7.70. The summed E-state index contributed by atoms with van der Waals surface area (Å²) in [4.78, 5) is 24.7. The highest BCUT2D eigenvalue weighted by Gasteiger charge is 2.23. The fraction of sp³-hybridized carbons (Fsp3) is 0.625. The van der Waals surface area contributed by atoms with Gasteiger partial charge in [0, 0.05) is 16.7 Å². The summed E-state index contributed by atoms with van der Waals surface area (Å²) in [5.74, 6) is 1.09. The van der Waals surface area contributed by atoms with E-state index in [0.717, 1.165) is 25.0 Å². The van der Waals surface area contributed by atoms with E-state index in [0.29, 0.717) is 5.92 Å². The van der Waals surface area contributed by atoms with Gasteiger partial charge in [-0.1, -0.05) is 25.8 Å². The number of ether oxygens (including phenoxy) is 1. The van der Waals surface area contributed by atoms with Crippen LogP contribution in [-0.2, 0) is 20.1 Å². The Morgan fingerprint density at radius 3 is 2.95 bits per heavy atom. The molecular formula is C16H23NO3S2. The lowest BCUT2D eigenvalue weighted by atomic mass is 9.86. The highest BCUT2D eigenvalue weighted by atomic mass is 32.2. The van der Waals surface area contributed by atoms with Crippen LogP contribution in [0.5, 0.6) is 0 Å². The molecule has 1 aliphatic carbocycles. The number of esters is 1. The molecule has 0 radical (unpaired) electrons. The van der Waals surface area contributed by atoms with E-state index in [1.807, 2.05) is 17.5 Å². The minimum atomic E-state index is -0.326. The molecule has 122 valence electrons. The van der Waals surface area contributed by atoms with Crippen LogP contribution in [-0.4, -0.2) is 30.3 Å². The van der Waals surface area contributed by atoms with Gasteiger partial charge in [0.2, 0.25) is 0 Å². The molecule has 1 heterocycles. The second-order valence-electron chi connectivity index (χ2n) is 5.67. The van der Waals surface area contributed by atoms with Crippen molar-refractivity contribution in [2.45, 2.75) is 44.4 Å². The Hall–Kier alpha value is -1.01. The van der Waals surface area contributed by atoms with Crippen molar-refractivity contribution in [3.63, 3.8) is 0 Å². The van der Waals surface area contributed by atoms with Gasteiger partial charge in [-0.15, -0.1) is 23.1 Å². The molecule has 0 aliphatic heterocycles. The molecule has 1 fully saturated rings. The van der Waals surface area contributed by atoms with Crippen molar-refractivity contribution in [1.29, 1.82) is 0 Å². The summed E-state index contributed by atoms with van der Waals surface area (Å²) < 4.78 is 5.03. The summed E-state index contributed by atoms with van der Waals surface area (Å²) in [6.45, 7) is 2.00. The summed E-state index contributed by atoms with van der Waals surface area (Å²) in [7, 11) is 0. The van der Waals surface area contributed by atoms with Gasteiger partial charge in [-0.2, -0.15) is 0 Å². The smallest absolute Gasteiger partial charge is 0.316 e. The molecule has 1 aromatic rings. The molecule has 0 aromatic carbocycles. The maximum atomic E-state index is 11.8. The SMILES string of the molecule is C[C@H]1CCCC[C@@H]1NC(=O)COC(=O)CSCc1cccs1. The lowest BCUT2D eigenvalue weighted by Gasteiger charge is -2.29. The van der Waals surface area contributed by atoms with Gasteiger partial charge in [-0.05, 0) is 30.2 Å². The van der Waals surface area contributed by atoms with E-state index in [1.54, 1.807) is 11.3 Å². The highest BCUT2D eigenvalue weighted by Crippen LogP contribution is 2.23. The van der Waals surface area contributed by atoms with Gasteiger partial charge in [0.1, 0.15) is 0 Å². The number of amides is 1. The number of nitrogens with one attached hydrogen (secondary N) is 1. The molecule has 1 N–H and O–H groups in total. The largest absolute Gasteiger partial charge is 0.455 e. The van der Waals surface area contributed by atoms with Crippen molar-refractivity contribution in [2.75, 3.05) is 12.4 Å². The predicted octanol–water partition coefficient (Wildman–Crippen LogP) is 3.22. The van der Waals surface area contributed by atoms with Crippen LogP contribution in [0.3, 0.4) is 0 Å². The highest BCUT2D eigenvalue weighted by molar-refractivity contribution is 7.99. The second-order valence-corrected chi connectivity index (χ2v) is 7.69. The first-order valence-corrected chi connectivity index (χ1v) is 9.73. The maximum Gasteiger partial charge on any atom is 0.316 e. The molecule has 2 atom stereocenters. The third-order valence-electron chi connectivity index (χ3n) is 3.87. The van der Waals surface area contributed by atoms with E-state index in [9.17, 15) is 9.59 Å². The van der Waals surface area contributed by atoms with Gasteiger partial charge in [-0.25, -0.2) is 0 Å². The van der Waals surface area contributed by atoms with Crippen molar-refractivity contribution in [1.82, 2.24) is 5.32 Å². The molecular weight excluding hydrogens is 318 g/mol. The van der Waals surface area contributed by atoms with E-state index in [2.05, 4.69) is 12.2 Å². The number of rotatable bonds is 7. The van der Waals surface area contributed by atoms with Crippen molar-refractivity contribution in [2.24, 2.45) is 5.92 Å². The summed E-state index contributed by atoms with van der Waals surface area (Å²) in [6.07, 6.45) is 4.58. The third-order valence-corrected chi connectivity index (χ3v) is 5.88. The molecule has 1 aromatic heterocycles. The lowest BCUT2D eigenvalue weighted by Crippen LogP contribution is -2.43. The van der Waals surface area contributed by atoms with Crippen LogP contribution in [0, 0.1) is 5.92 Å². The van der Waals surface area contributed by atoms with Crippen LogP contribution in [0.1, 0.15) is 37.5 Å². The number of thioether (sulfide) groups is 1. The van der Waals surface area contributed by atoms with E-state index < -0.39 is 0 Å². The van der Waals surface area contributed by atoms with Gasteiger partial charge in [0.05, 0.1) is 5.75 Å². The number of hydrogen-bond donors (Lipinski definition) is 1. The van der Waals surface area contributed by atoms with Gasteiger partial charge in [-0.3, -0.25) is 9.59 Å². The van der Waals surface area contributed by atoms with E-state index in [1.165, 1.54) is 23.1 Å². The van der Waals surface area contributed by atoms with Gasteiger partial charge < -0.3 is 10.1 Å². The normalized spacial score (nSPS) is 21.3. The number of carbonyl (C=O) groups is 2. The zero-order valence-corrected chi connectivity index (χ0v) is 14.5. The molecule has 1 saturated carbocycles. The molecule has 0 saturated heterocycles. The molecule has 0 spiro atoms. The summed E-state index contributed by atoms with van der Waals surface area (Å²) in [5.41, 5.74) is 0. The fourth-order valence-electron chi connectivity index (χ4n) is 2.60. The first-order chi connectivity index (χ1) is 10.6. The Kier molecular flexibility index (Phi) is 7.25. The Balaban J connectivity index is 1.58. The van der Waals surface area contributed by atoms with Gasteiger partial charge in [0.25, 0.3) is 5.91 Å². The first kappa shape index (κ1) is 17.3. The molecule has 0 unspecified atom stereocenters. The number of carbonyl (C=O) groups excluding carboxylic acids is 2. The number of thiophene rings is 1. The minimum absolute atomic E-state index is 0.165. The van der Waals surface area contributed by atoms with Crippen molar-refractivity contribution >= 4 is 35.0 Å². The van der Waals surface area contributed by atoms with Crippen LogP contribution in [0.2, 0.25) is 0 Å². The molecule has 22 heavy (non-hydrogen) atoms. The molecule has 6 heteroatoms. The molecule has 1 aliphatic rings. The monoisotopic (exact) mass is 341 g/mol. The Morgan fingerprint density at radius 2 is 2.23 bits per heavy atom. The standard InChI is InChI=1S/C16H23NO3S2/c1-12-5-2-3-7-14(12)17-15(18)9-20-16(19)11-21-10-13-6-4-8-22-13/h4,6,8,12,14H,2-3,5,7,9-11H2,1H3,(H,17,18)/t12-,14-/m0/s1. The summed E-state index contributed by atoms with van der Waals surface area (Å²) >= 11 is 3.19. The number of hydrogen-bond acceptors (Lipinski definition) is 5. The van der Waals surface area contributed by atoms with Crippen molar-refractivity contribution in [3.8, 4) is 0 Å². The Bertz CT molecular complexity index is 476. The van der Waals surface area contributed by atoms with E-state index >= 15 is 0 Å². The quantitative estimate of drug-likeness (QED) is 0.774. The van der Waals surface area contributed by atoms with Crippen LogP contribution in [0.4, 0.5) is 0 Å². The van der Waals surface area contributed by atoms with Crippen molar-refractivity contribution < 1.29 is 14.3 Å².